The Bertz CT molecular complexity index is 685. The van der Waals surface area contributed by atoms with E-state index in [-0.39, 0.29) is 16.6 Å². The van der Waals surface area contributed by atoms with E-state index < -0.39 is 10.0 Å². The highest BCUT2D eigenvalue weighted by molar-refractivity contribution is 7.89. The monoisotopic (exact) mass is 335 g/mol. The Balaban J connectivity index is 1.65. The number of nitrogens with zero attached hydrogens (tertiary/aromatic N) is 3. The smallest absolute Gasteiger partial charge is 0.244 e. The van der Waals surface area contributed by atoms with Crippen LogP contribution in [0.5, 0.6) is 0 Å². The summed E-state index contributed by atoms with van der Waals surface area (Å²) in [5, 5.41) is 9.13. The zero-order valence-corrected chi connectivity index (χ0v) is 13.8. The lowest BCUT2D eigenvalue weighted by molar-refractivity contribution is 0.0617. The predicted molar refractivity (Wildman–Crippen MR) is 85.3 cm³/mol. The molecule has 0 radical (unpaired) electrons. The minimum absolute atomic E-state index is 0.107. The summed E-state index contributed by atoms with van der Waals surface area (Å²) in [7, 11) is -3.60. The molecule has 2 heterocycles. The third-order valence-corrected chi connectivity index (χ3v) is 6.40. The number of hydrogen-bond acceptors (Lipinski definition) is 5. The van der Waals surface area contributed by atoms with Gasteiger partial charge in [0, 0.05) is 39.3 Å². The molecule has 23 heavy (non-hydrogen) atoms. The van der Waals surface area contributed by atoms with E-state index in [0.29, 0.717) is 26.2 Å². The van der Waals surface area contributed by atoms with Gasteiger partial charge in [0.15, 0.2) is 0 Å². The molecule has 1 aromatic rings. The van der Waals surface area contributed by atoms with Gasteiger partial charge in [-0.3, -0.25) is 4.90 Å². The van der Waals surface area contributed by atoms with Gasteiger partial charge in [0.2, 0.25) is 10.0 Å². The van der Waals surface area contributed by atoms with Gasteiger partial charge in [-0.15, -0.1) is 0 Å². The number of ether oxygens (including phenoxy) is 1. The molecular weight excluding hydrogens is 314 g/mol. The first-order valence-electron chi connectivity index (χ1n) is 7.94. The van der Waals surface area contributed by atoms with E-state index in [0.717, 1.165) is 26.0 Å². The van der Waals surface area contributed by atoms with E-state index in [1.165, 1.54) is 10.4 Å². The lowest BCUT2D eigenvalue weighted by atomic mass is 10.2. The first kappa shape index (κ1) is 16.4. The summed E-state index contributed by atoms with van der Waals surface area (Å²) in [6.45, 7) is 4.03. The maximum Gasteiger partial charge on any atom is 0.244 e. The molecule has 6 nitrogen and oxygen atoms in total. The number of sulfonamides is 1. The largest absolute Gasteiger partial charge is 0.377 e. The first-order chi connectivity index (χ1) is 11.1. The minimum Gasteiger partial charge on any atom is -0.377 e. The van der Waals surface area contributed by atoms with Crippen LogP contribution < -0.4 is 0 Å². The molecule has 0 N–H and O–H groups in total. The van der Waals surface area contributed by atoms with Crippen LogP contribution in [0.3, 0.4) is 0 Å². The van der Waals surface area contributed by atoms with Gasteiger partial charge in [0.1, 0.15) is 6.07 Å². The van der Waals surface area contributed by atoms with Gasteiger partial charge < -0.3 is 4.74 Å². The molecular formula is C16H21N3O3S. The van der Waals surface area contributed by atoms with Gasteiger partial charge in [-0.25, -0.2) is 8.42 Å². The summed E-state index contributed by atoms with van der Waals surface area (Å²) in [6, 6.07) is 8.35. The van der Waals surface area contributed by atoms with Gasteiger partial charge in [0.05, 0.1) is 16.6 Å². The molecule has 2 aliphatic heterocycles. The van der Waals surface area contributed by atoms with Gasteiger partial charge >= 0.3 is 0 Å². The Morgan fingerprint density at radius 1 is 1.22 bits per heavy atom. The van der Waals surface area contributed by atoms with Crippen molar-refractivity contribution in [2.45, 2.75) is 23.8 Å². The first-order valence-corrected chi connectivity index (χ1v) is 9.38. The lowest BCUT2D eigenvalue weighted by Crippen LogP contribution is -2.50. The van der Waals surface area contributed by atoms with Crippen LogP contribution in [0.1, 0.15) is 18.4 Å². The minimum atomic E-state index is -3.60. The second-order valence-electron chi connectivity index (χ2n) is 5.95. The molecule has 1 aromatic carbocycles. The van der Waals surface area contributed by atoms with Crippen molar-refractivity contribution >= 4 is 10.0 Å². The molecule has 0 amide bonds. The van der Waals surface area contributed by atoms with Crippen LogP contribution in [-0.4, -0.2) is 63.1 Å². The summed E-state index contributed by atoms with van der Waals surface area (Å²) in [5.74, 6) is 0. The molecule has 2 fully saturated rings. The van der Waals surface area contributed by atoms with Crippen LogP contribution in [0, 0.1) is 11.3 Å². The summed E-state index contributed by atoms with van der Waals surface area (Å²) >= 11 is 0. The lowest BCUT2D eigenvalue weighted by Gasteiger charge is -2.35. The van der Waals surface area contributed by atoms with Crippen LogP contribution in [-0.2, 0) is 14.8 Å². The highest BCUT2D eigenvalue weighted by atomic mass is 32.2. The van der Waals surface area contributed by atoms with E-state index in [9.17, 15) is 8.42 Å². The SMILES string of the molecule is N#Cc1ccccc1S(=O)(=O)N1CCN(C[C@@H]2CCCO2)CC1. The standard InChI is InChI=1S/C16H21N3O3S/c17-12-14-4-1-2-6-16(14)23(20,21)19-9-7-18(8-10-19)13-15-5-3-11-22-15/h1-2,4,6,15H,3,5,7-11,13H2/t15-/m0/s1. The Morgan fingerprint density at radius 3 is 2.61 bits per heavy atom. The molecule has 0 bridgehead atoms. The van der Waals surface area contributed by atoms with E-state index in [1.807, 2.05) is 6.07 Å². The molecule has 2 saturated heterocycles. The second kappa shape index (κ2) is 6.97. The molecule has 124 valence electrons. The fourth-order valence-corrected chi connectivity index (χ4v) is 4.72. The Kier molecular flexibility index (Phi) is 4.97. The molecule has 0 aromatic heterocycles. The Hall–Kier alpha value is -1.46. The van der Waals surface area contributed by atoms with Crippen LogP contribution in [0.2, 0.25) is 0 Å². The maximum absolute atomic E-state index is 12.7. The molecule has 3 rings (SSSR count). The number of benzene rings is 1. The van der Waals surface area contributed by atoms with Gasteiger partial charge in [-0.2, -0.15) is 9.57 Å². The molecule has 0 unspecified atom stereocenters. The molecule has 2 aliphatic rings. The topological polar surface area (TPSA) is 73.6 Å². The van der Waals surface area contributed by atoms with Crippen molar-refractivity contribution in [1.82, 2.24) is 9.21 Å². The average molecular weight is 335 g/mol. The molecule has 7 heteroatoms. The summed E-state index contributed by atoms with van der Waals surface area (Å²) in [6.07, 6.45) is 2.50. The van der Waals surface area contributed by atoms with Crippen molar-refractivity contribution in [3.8, 4) is 6.07 Å². The second-order valence-corrected chi connectivity index (χ2v) is 7.85. The highest BCUT2D eigenvalue weighted by Crippen LogP contribution is 2.21. The number of nitriles is 1. The number of piperazine rings is 1. The van der Waals surface area contributed by atoms with Crippen molar-refractivity contribution in [2.24, 2.45) is 0 Å². The number of hydrogen-bond donors (Lipinski definition) is 0. The van der Waals surface area contributed by atoms with Crippen molar-refractivity contribution < 1.29 is 13.2 Å². The summed E-state index contributed by atoms with van der Waals surface area (Å²) < 4.78 is 32.6. The third kappa shape index (κ3) is 3.56. The molecule has 0 spiro atoms. The van der Waals surface area contributed by atoms with Gasteiger partial charge in [-0.05, 0) is 25.0 Å². The summed E-state index contributed by atoms with van der Waals surface area (Å²) in [4.78, 5) is 2.37. The van der Waals surface area contributed by atoms with Crippen LogP contribution in [0.15, 0.2) is 29.2 Å². The third-order valence-electron chi connectivity index (χ3n) is 4.44. The van der Waals surface area contributed by atoms with E-state index in [2.05, 4.69) is 4.90 Å². The Labute approximate surface area is 137 Å². The molecule has 0 saturated carbocycles. The quantitative estimate of drug-likeness (QED) is 0.822. The predicted octanol–water partition coefficient (Wildman–Crippen LogP) is 1.04. The van der Waals surface area contributed by atoms with E-state index >= 15 is 0 Å². The van der Waals surface area contributed by atoms with Crippen molar-refractivity contribution in [1.29, 1.82) is 5.26 Å². The van der Waals surface area contributed by atoms with Crippen molar-refractivity contribution in [3.05, 3.63) is 29.8 Å². The van der Waals surface area contributed by atoms with Crippen molar-refractivity contribution in [3.63, 3.8) is 0 Å². The van der Waals surface area contributed by atoms with E-state index in [4.69, 9.17) is 10.00 Å². The fourth-order valence-electron chi connectivity index (χ4n) is 3.15. The normalized spacial score (nSPS) is 23.7. The van der Waals surface area contributed by atoms with Crippen LogP contribution in [0.25, 0.3) is 0 Å². The molecule has 1 atom stereocenters. The van der Waals surface area contributed by atoms with Gasteiger partial charge in [0.25, 0.3) is 0 Å². The van der Waals surface area contributed by atoms with E-state index in [1.54, 1.807) is 18.2 Å². The van der Waals surface area contributed by atoms with Crippen molar-refractivity contribution in [2.75, 3.05) is 39.3 Å². The van der Waals surface area contributed by atoms with Crippen LogP contribution in [0.4, 0.5) is 0 Å². The van der Waals surface area contributed by atoms with Gasteiger partial charge in [-0.1, -0.05) is 12.1 Å². The number of rotatable bonds is 4. The average Bonchev–Trinajstić information content (AvgIpc) is 3.08. The zero-order chi connectivity index (χ0) is 16.3. The zero-order valence-electron chi connectivity index (χ0n) is 13.0. The summed E-state index contributed by atoms with van der Waals surface area (Å²) in [5.41, 5.74) is 0.203. The maximum atomic E-state index is 12.7. The fraction of sp³-hybridized carbons (Fsp3) is 0.562. The molecule has 0 aliphatic carbocycles. The highest BCUT2D eigenvalue weighted by Gasteiger charge is 2.31. The van der Waals surface area contributed by atoms with Crippen LogP contribution >= 0.6 is 0 Å². The Morgan fingerprint density at radius 2 is 1.96 bits per heavy atom.